The number of aliphatic hydroxyl groups excluding tert-OH is 1. The van der Waals surface area contributed by atoms with Gasteiger partial charge >= 0.3 is 0 Å². The van der Waals surface area contributed by atoms with E-state index in [2.05, 4.69) is 34.3 Å². The standard InChI is InChI=1S/C15H25N3O/c1-2-7-16-15-11-14(5-8-17-15)18-9-3-4-13(12-18)6-10-19/h5,8,11,13,19H,2-4,6-7,9-10,12H2,1H3,(H,16,17). The van der Waals surface area contributed by atoms with E-state index >= 15 is 0 Å². The second-order valence-electron chi connectivity index (χ2n) is 5.29. The van der Waals surface area contributed by atoms with Gasteiger partial charge in [-0.3, -0.25) is 0 Å². The smallest absolute Gasteiger partial charge is 0.127 e. The van der Waals surface area contributed by atoms with Gasteiger partial charge in [0.15, 0.2) is 0 Å². The topological polar surface area (TPSA) is 48.4 Å². The first kappa shape index (κ1) is 14.1. The molecule has 0 aromatic carbocycles. The quantitative estimate of drug-likeness (QED) is 0.828. The van der Waals surface area contributed by atoms with Gasteiger partial charge in [0.05, 0.1) is 0 Å². The number of hydrogen-bond acceptors (Lipinski definition) is 4. The molecule has 0 amide bonds. The molecular weight excluding hydrogens is 238 g/mol. The summed E-state index contributed by atoms with van der Waals surface area (Å²) in [6, 6.07) is 4.22. The lowest BCUT2D eigenvalue weighted by molar-refractivity contribution is 0.244. The lowest BCUT2D eigenvalue weighted by atomic mass is 9.95. The SMILES string of the molecule is CCCNc1cc(N2CCCC(CCO)C2)ccn1. The molecule has 1 aromatic rings. The highest BCUT2D eigenvalue weighted by molar-refractivity contribution is 5.54. The van der Waals surface area contributed by atoms with Crippen LogP contribution < -0.4 is 10.2 Å². The van der Waals surface area contributed by atoms with Crippen LogP contribution in [0.5, 0.6) is 0 Å². The maximum atomic E-state index is 9.08. The third-order valence-corrected chi connectivity index (χ3v) is 3.72. The monoisotopic (exact) mass is 263 g/mol. The van der Waals surface area contributed by atoms with Crippen molar-refractivity contribution in [1.29, 1.82) is 0 Å². The van der Waals surface area contributed by atoms with Gasteiger partial charge in [-0.25, -0.2) is 4.98 Å². The van der Waals surface area contributed by atoms with E-state index in [-0.39, 0.29) is 0 Å². The summed E-state index contributed by atoms with van der Waals surface area (Å²) in [5.74, 6) is 1.59. The van der Waals surface area contributed by atoms with Gasteiger partial charge in [0.25, 0.3) is 0 Å². The minimum Gasteiger partial charge on any atom is -0.396 e. The Hall–Kier alpha value is -1.29. The maximum absolute atomic E-state index is 9.08. The van der Waals surface area contributed by atoms with E-state index in [1.165, 1.54) is 18.5 Å². The average Bonchev–Trinajstić information content (AvgIpc) is 2.46. The Bertz CT molecular complexity index is 381. The Kier molecular flexibility index (Phi) is 5.45. The largest absolute Gasteiger partial charge is 0.396 e. The molecule has 0 radical (unpaired) electrons. The predicted octanol–water partition coefficient (Wildman–Crippen LogP) is 2.50. The number of aromatic nitrogens is 1. The van der Waals surface area contributed by atoms with E-state index in [0.29, 0.717) is 12.5 Å². The molecule has 1 aliphatic rings. The van der Waals surface area contributed by atoms with Crippen molar-refractivity contribution >= 4 is 11.5 Å². The Balaban J connectivity index is 1.99. The molecule has 1 unspecified atom stereocenters. The zero-order valence-corrected chi connectivity index (χ0v) is 11.8. The van der Waals surface area contributed by atoms with Crippen molar-refractivity contribution in [2.45, 2.75) is 32.6 Å². The van der Waals surface area contributed by atoms with E-state index in [1.54, 1.807) is 0 Å². The summed E-state index contributed by atoms with van der Waals surface area (Å²) in [6.07, 6.45) is 6.35. The van der Waals surface area contributed by atoms with Crippen LogP contribution in [0, 0.1) is 5.92 Å². The van der Waals surface area contributed by atoms with Crippen LogP contribution in [0.4, 0.5) is 11.5 Å². The van der Waals surface area contributed by atoms with Crippen molar-refractivity contribution in [1.82, 2.24) is 4.98 Å². The van der Waals surface area contributed by atoms with Gasteiger partial charge < -0.3 is 15.3 Å². The van der Waals surface area contributed by atoms with Gasteiger partial charge in [0.2, 0.25) is 0 Å². The number of nitrogens with one attached hydrogen (secondary N) is 1. The van der Waals surface area contributed by atoms with E-state index in [1.807, 2.05) is 6.20 Å². The third-order valence-electron chi connectivity index (χ3n) is 3.72. The molecule has 1 fully saturated rings. The molecular formula is C15H25N3O. The fourth-order valence-corrected chi connectivity index (χ4v) is 2.68. The van der Waals surface area contributed by atoms with Crippen LogP contribution in [0.15, 0.2) is 18.3 Å². The lowest BCUT2D eigenvalue weighted by Crippen LogP contribution is -2.35. The van der Waals surface area contributed by atoms with Crippen LogP contribution in [0.3, 0.4) is 0 Å². The van der Waals surface area contributed by atoms with Crippen molar-refractivity contribution in [2.75, 3.05) is 36.5 Å². The van der Waals surface area contributed by atoms with Crippen LogP contribution in [-0.4, -0.2) is 36.3 Å². The summed E-state index contributed by atoms with van der Waals surface area (Å²) >= 11 is 0. The molecule has 4 nitrogen and oxygen atoms in total. The van der Waals surface area contributed by atoms with Crippen molar-refractivity contribution in [3.05, 3.63) is 18.3 Å². The number of pyridine rings is 1. The average molecular weight is 263 g/mol. The Morgan fingerprint density at radius 2 is 2.42 bits per heavy atom. The molecule has 4 heteroatoms. The molecule has 1 aliphatic heterocycles. The molecule has 2 N–H and O–H groups in total. The molecule has 0 saturated carbocycles. The van der Waals surface area contributed by atoms with E-state index in [9.17, 15) is 0 Å². The minimum absolute atomic E-state index is 0.304. The molecule has 1 aromatic heterocycles. The lowest BCUT2D eigenvalue weighted by Gasteiger charge is -2.34. The van der Waals surface area contributed by atoms with Gasteiger partial charge in [-0.05, 0) is 37.7 Å². The van der Waals surface area contributed by atoms with Crippen molar-refractivity contribution in [2.24, 2.45) is 5.92 Å². The fraction of sp³-hybridized carbons (Fsp3) is 0.667. The number of aliphatic hydroxyl groups is 1. The van der Waals surface area contributed by atoms with E-state index in [0.717, 1.165) is 38.3 Å². The molecule has 2 heterocycles. The fourth-order valence-electron chi connectivity index (χ4n) is 2.68. The molecule has 19 heavy (non-hydrogen) atoms. The molecule has 1 atom stereocenters. The number of rotatable bonds is 6. The van der Waals surface area contributed by atoms with Gasteiger partial charge in [0.1, 0.15) is 5.82 Å². The summed E-state index contributed by atoms with van der Waals surface area (Å²) in [4.78, 5) is 6.77. The van der Waals surface area contributed by atoms with Crippen LogP contribution in [0.2, 0.25) is 0 Å². The Morgan fingerprint density at radius 1 is 1.53 bits per heavy atom. The highest BCUT2D eigenvalue weighted by Gasteiger charge is 2.19. The number of hydrogen-bond donors (Lipinski definition) is 2. The first-order valence-corrected chi connectivity index (χ1v) is 7.39. The first-order valence-electron chi connectivity index (χ1n) is 7.39. The number of anilines is 2. The minimum atomic E-state index is 0.304. The number of nitrogens with zero attached hydrogens (tertiary/aromatic N) is 2. The van der Waals surface area contributed by atoms with Crippen molar-refractivity contribution in [3.63, 3.8) is 0 Å². The Labute approximate surface area is 115 Å². The van der Waals surface area contributed by atoms with Crippen molar-refractivity contribution < 1.29 is 5.11 Å². The molecule has 0 spiro atoms. The zero-order valence-electron chi connectivity index (χ0n) is 11.8. The zero-order chi connectivity index (χ0) is 13.5. The summed E-state index contributed by atoms with van der Waals surface area (Å²) in [6.45, 7) is 5.58. The third kappa shape index (κ3) is 4.10. The van der Waals surface area contributed by atoms with Gasteiger partial charge in [-0.15, -0.1) is 0 Å². The molecule has 1 saturated heterocycles. The van der Waals surface area contributed by atoms with Crippen LogP contribution in [0.1, 0.15) is 32.6 Å². The summed E-state index contributed by atoms with van der Waals surface area (Å²) in [7, 11) is 0. The summed E-state index contributed by atoms with van der Waals surface area (Å²) in [5, 5.41) is 12.4. The normalized spacial score (nSPS) is 19.5. The van der Waals surface area contributed by atoms with Gasteiger partial charge in [-0.1, -0.05) is 6.92 Å². The summed E-state index contributed by atoms with van der Waals surface area (Å²) in [5.41, 5.74) is 1.25. The maximum Gasteiger partial charge on any atom is 0.127 e. The van der Waals surface area contributed by atoms with Gasteiger partial charge in [-0.2, -0.15) is 0 Å². The van der Waals surface area contributed by atoms with Crippen LogP contribution in [-0.2, 0) is 0 Å². The van der Waals surface area contributed by atoms with Crippen LogP contribution >= 0.6 is 0 Å². The molecule has 2 rings (SSSR count). The van der Waals surface area contributed by atoms with E-state index in [4.69, 9.17) is 5.11 Å². The molecule has 106 valence electrons. The number of piperidine rings is 1. The second kappa shape index (κ2) is 7.34. The molecule has 0 aliphatic carbocycles. The highest BCUT2D eigenvalue weighted by Crippen LogP contribution is 2.25. The first-order chi connectivity index (χ1) is 9.33. The molecule has 0 bridgehead atoms. The van der Waals surface area contributed by atoms with Crippen LogP contribution in [0.25, 0.3) is 0 Å². The van der Waals surface area contributed by atoms with Gasteiger partial charge in [0, 0.05) is 44.2 Å². The highest BCUT2D eigenvalue weighted by atomic mass is 16.3. The predicted molar refractivity (Wildman–Crippen MR) is 79.7 cm³/mol. The van der Waals surface area contributed by atoms with E-state index < -0.39 is 0 Å². The Morgan fingerprint density at radius 3 is 3.21 bits per heavy atom. The van der Waals surface area contributed by atoms with Crippen molar-refractivity contribution in [3.8, 4) is 0 Å². The second-order valence-corrected chi connectivity index (χ2v) is 5.29. The summed E-state index contributed by atoms with van der Waals surface area (Å²) < 4.78 is 0.